The molecule has 0 radical (unpaired) electrons. The van der Waals surface area contributed by atoms with E-state index in [0.29, 0.717) is 0 Å². The molecule has 1 aromatic carbocycles. The molecule has 1 aromatic rings. The predicted molar refractivity (Wildman–Crippen MR) is 88.6 cm³/mol. The number of anilines is 2. The number of benzene rings is 1. The van der Waals surface area contributed by atoms with Gasteiger partial charge in [0, 0.05) is 13.1 Å². The zero-order valence-electron chi connectivity index (χ0n) is 13.0. The molecule has 1 aliphatic rings. The highest BCUT2D eigenvalue weighted by atomic mass is 16.2. The molecule has 1 unspecified atom stereocenters. The smallest absolute Gasteiger partial charge is 0.241 e. The lowest BCUT2D eigenvalue weighted by Crippen LogP contribution is -2.36. The molecule has 4 heteroatoms. The van der Waals surface area contributed by atoms with Gasteiger partial charge in [0.05, 0.1) is 17.4 Å². The molecule has 1 saturated heterocycles. The van der Waals surface area contributed by atoms with E-state index in [1.807, 2.05) is 18.2 Å². The van der Waals surface area contributed by atoms with Crippen LogP contribution < -0.4 is 16.0 Å². The van der Waals surface area contributed by atoms with Crippen molar-refractivity contribution in [3.05, 3.63) is 24.3 Å². The molecule has 0 bridgehead atoms. The highest BCUT2D eigenvalue weighted by Gasteiger charge is 2.18. The summed E-state index contributed by atoms with van der Waals surface area (Å²) >= 11 is 0. The average molecular weight is 289 g/mol. The van der Waals surface area contributed by atoms with Crippen molar-refractivity contribution in [2.45, 2.75) is 51.5 Å². The maximum Gasteiger partial charge on any atom is 0.241 e. The minimum Gasteiger partial charge on any atom is -0.370 e. The first-order valence-electron chi connectivity index (χ1n) is 8.12. The Bertz CT molecular complexity index is 455. The zero-order valence-corrected chi connectivity index (χ0v) is 13.0. The van der Waals surface area contributed by atoms with Crippen molar-refractivity contribution in [3.8, 4) is 0 Å². The lowest BCUT2D eigenvalue weighted by Gasteiger charge is -2.30. The minimum absolute atomic E-state index is 0.0760. The Morgan fingerprint density at radius 1 is 1.29 bits per heavy atom. The Hall–Kier alpha value is -1.55. The average Bonchev–Trinajstić information content (AvgIpc) is 2.54. The molecule has 1 atom stereocenters. The molecule has 1 heterocycles. The van der Waals surface area contributed by atoms with Crippen LogP contribution in [0.15, 0.2) is 24.3 Å². The molecule has 1 fully saturated rings. The number of piperidine rings is 1. The van der Waals surface area contributed by atoms with E-state index in [-0.39, 0.29) is 5.91 Å². The number of rotatable bonds is 6. The Morgan fingerprint density at radius 2 is 2.00 bits per heavy atom. The van der Waals surface area contributed by atoms with Crippen molar-refractivity contribution in [1.29, 1.82) is 0 Å². The van der Waals surface area contributed by atoms with Crippen LogP contribution in [0.4, 0.5) is 11.4 Å². The second-order valence-electron chi connectivity index (χ2n) is 5.80. The number of carbonyl (C=O) groups excluding carboxylic acids is 1. The van der Waals surface area contributed by atoms with Gasteiger partial charge >= 0.3 is 0 Å². The van der Waals surface area contributed by atoms with Gasteiger partial charge in [-0.1, -0.05) is 31.9 Å². The van der Waals surface area contributed by atoms with E-state index in [4.69, 9.17) is 5.73 Å². The molecule has 0 aliphatic carbocycles. The lowest BCUT2D eigenvalue weighted by molar-refractivity contribution is -0.117. The first-order valence-corrected chi connectivity index (χ1v) is 8.12. The monoisotopic (exact) mass is 289 g/mol. The summed E-state index contributed by atoms with van der Waals surface area (Å²) in [4.78, 5) is 14.6. The number of nitrogens with one attached hydrogen (secondary N) is 1. The Balaban J connectivity index is 2.03. The van der Waals surface area contributed by atoms with Gasteiger partial charge in [0.15, 0.2) is 0 Å². The van der Waals surface area contributed by atoms with Crippen LogP contribution in [0.25, 0.3) is 0 Å². The summed E-state index contributed by atoms with van der Waals surface area (Å²) in [6, 6.07) is 7.61. The fraction of sp³-hybridized carbons (Fsp3) is 0.588. The zero-order chi connectivity index (χ0) is 15.1. The van der Waals surface area contributed by atoms with Crippen LogP contribution in [-0.4, -0.2) is 25.0 Å². The molecule has 0 aromatic heterocycles. The van der Waals surface area contributed by atoms with E-state index >= 15 is 0 Å². The van der Waals surface area contributed by atoms with Crippen LogP contribution in [0.5, 0.6) is 0 Å². The van der Waals surface area contributed by atoms with Crippen LogP contribution in [0.2, 0.25) is 0 Å². The summed E-state index contributed by atoms with van der Waals surface area (Å²) in [7, 11) is 0. The Morgan fingerprint density at radius 3 is 2.71 bits per heavy atom. The van der Waals surface area contributed by atoms with Crippen LogP contribution >= 0.6 is 0 Å². The molecule has 1 aliphatic heterocycles. The summed E-state index contributed by atoms with van der Waals surface area (Å²) in [5.41, 5.74) is 7.96. The second kappa shape index (κ2) is 8.03. The minimum atomic E-state index is -0.417. The van der Waals surface area contributed by atoms with Crippen LogP contribution in [-0.2, 0) is 4.79 Å². The second-order valence-corrected chi connectivity index (χ2v) is 5.80. The number of nitrogens with two attached hydrogens (primary N) is 1. The van der Waals surface area contributed by atoms with Crippen LogP contribution in [0.3, 0.4) is 0 Å². The van der Waals surface area contributed by atoms with E-state index in [0.717, 1.165) is 43.7 Å². The molecule has 0 saturated carbocycles. The van der Waals surface area contributed by atoms with Gasteiger partial charge < -0.3 is 16.0 Å². The third-order valence-electron chi connectivity index (χ3n) is 4.06. The maximum atomic E-state index is 12.2. The molecular formula is C17H27N3O. The number of amides is 1. The molecule has 1 amide bonds. The van der Waals surface area contributed by atoms with Crippen LogP contribution in [0, 0.1) is 0 Å². The van der Waals surface area contributed by atoms with E-state index in [1.165, 1.54) is 19.3 Å². The topological polar surface area (TPSA) is 58.4 Å². The van der Waals surface area contributed by atoms with Crippen molar-refractivity contribution in [3.63, 3.8) is 0 Å². The van der Waals surface area contributed by atoms with E-state index in [1.54, 1.807) is 0 Å². The van der Waals surface area contributed by atoms with Crippen molar-refractivity contribution >= 4 is 17.3 Å². The molecule has 3 N–H and O–H groups in total. The molecule has 0 spiro atoms. The van der Waals surface area contributed by atoms with Crippen LogP contribution in [0.1, 0.15) is 45.4 Å². The highest BCUT2D eigenvalue weighted by molar-refractivity contribution is 5.97. The first kappa shape index (κ1) is 15.8. The van der Waals surface area contributed by atoms with E-state index in [2.05, 4.69) is 23.2 Å². The highest BCUT2D eigenvalue weighted by Crippen LogP contribution is 2.28. The quantitative estimate of drug-likeness (QED) is 0.846. The fourth-order valence-electron chi connectivity index (χ4n) is 2.77. The maximum absolute atomic E-state index is 12.2. The number of para-hydroxylation sites is 2. The summed E-state index contributed by atoms with van der Waals surface area (Å²) in [5.74, 6) is -0.0760. The van der Waals surface area contributed by atoms with Gasteiger partial charge in [0.2, 0.25) is 5.91 Å². The fourth-order valence-corrected chi connectivity index (χ4v) is 2.77. The van der Waals surface area contributed by atoms with Gasteiger partial charge in [0.25, 0.3) is 0 Å². The van der Waals surface area contributed by atoms with E-state index in [9.17, 15) is 4.79 Å². The molecule has 116 valence electrons. The predicted octanol–water partition coefficient (Wildman–Crippen LogP) is 3.13. The third kappa shape index (κ3) is 4.46. The summed E-state index contributed by atoms with van der Waals surface area (Å²) < 4.78 is 0. The summed E-state index contributed by atoms with van der Waals surface area (Å²) in [5, 5.41) is 3.01. The number of nitrogens with zero attached hydrogens (tertiary/aromatic N) is 1. The number of carbonyl (C=O) groups is 1. The van der Waals surface area contributed by atoms with Gasteiger partial charge in [-0.15, -0.1) is 0 Å². The van der Waals surface area contributed by atoms with Gasteiger partial charge in [-0.25, -0.2) is 0 Å². The molecule has 21 heavy (non-hydrogen) atoms. The Labute approximate surface area is 127 Å². The van der Waals surface area contributed by atoms with Crippen molar-refractivity contribution in [2.24, 2.45) is 5.73 Å². The summed E-state index contributed by atoms with van der Waals surface area (Å²) in [6.45, 7) is 4.24. The SMILES string of the molecule is CCCCC(N)C(=O)Nc1ccccc1N1CCCCC1. The lowest BCUT2D eigenvalue weighted by atomic mass is 10.1. The van der Waals surface area contributed by atoms with Crippen molar-refractivity contribution in [1.82, 2.24) is 0 Å². The van der Waals surface area contributed by atoms with Gasteiger partial charge in [-0.2, -0.15) is 0 Å². The normalized spacial score (nSPS) is 16.6. The van der Waals surface area contributed by atoms with E-state index < -0.39 is 6.04 Å². The van der Waals surface area contributed by atoms with Gasteiger partial charge in [-0.3, -0.25) is 4.79 Å². The van der Waals surface area contributed by atoms with Gasteiger partial charge in [0.1, 0.15) is 0 Å². The standard InChI is InChI=1S/C17H27N3O/c1-2-3-9-14(18)17(21)19-15-10-5-6-11-16(15)20-12-7-4-8-13-20/h5-6,10-11,14H,2-4,7-9,12-13,18H2,1H3,(H,19,21). The van der Waals surface area contributed by atoms with Crippen molar-refractivity contribution < 1.29 is 4.79 Å². The van der Waals surface area contributed by atoms with Gasteiger partial charge in [-0.05, 0) is 37.8 Å². The number of hydrogen-bond donors (Lipinski definition) is 2. The largest absolute Gasteiger partial charge is 0.370 e. The molecule has 4 nitrogen and oxygen atoms in total. The van der Waals surface area contributed by atoms with Crippen molar-refractivity contribution in [2.75, 3.05) is 23.3 Å². The number of hydrogen-bond acceptors (Lipinski definition) is 3. The molecule has 2 rings (SSSR count). The Kier molecular flexibility index (Phi) is 6.05. The third-order valence-corrected chi connectivity index (χ3v) is 4.06. The number of unbranched alkanes of at least 4 members (excludes halogenated alkanes) is 1. The first-order chi connectivity index (χ1) is 10.2. The summed E-state index contributed by atoms with van der Waals surface area (Å²) in [6.07, 6.45) is 6.53. The molecular weight excluding hydrogens is 262 g/mol.